The van der Waals surface area contributed by atoms with Gasteiger partial charge in [-0.3, -0.25) is 9.59 Å². The lowest BCUT2D eigenvalue weighted by atomic mass is 9.85. The predicted octanol–water partition coefficient (Wildman–Crippen LogP) is 4.45. The van der Waals surface area contributed by atoms with Crippen molar-refractivity contribution < 1.29 is 9.59 Å². The Morgan fingerprint density at radius 2 is 1.93 bits per heavy atom. The zero-order chi connectivity index (χ0) is 19.1. The minimum absolute atomic E-state index is 0.102. The van der Waals surface area contributed by atoms with E-state index in [4.69, 9.17) is 11.6 Å². The van der Waals surface area contributed by atoms with Gasteiger partial charge in [0.1, 0.15) is 5.82 Å². The first-order chi connectivity index (χ1) is 12.9. The number of aromatic nitrogens is 2. The molecule has 1 amide bonds. The van der Waals surface area contributed by atoms with Crippen LogP contribution in [-0.4, -0.2) is 21.5 Å². The second-order valence-corrected chi connectivity index (χ2v) is 7.21. The number of anilines is 1. The molecule has 1 aromatic heterocycles. The van der Waals surface area contributed by atoms with E-state index in [9.17, 15) is 9.59 Å². The first-order valence-electron chi connectivity index (χ1n) is 8.70. The van der Waals surface area contributed by atoms with E-state index in [-0.39, 0.29) is 18.1 Å². The average molecular weight is 380 g/mol. The molecule has 2 heterocycles. The van der Waals surface area contributed by atoms with Gasteiger partial charge in [0.25, 0.3) is 0 Å². The molecule has 2 aromatic carbocycles. The first-order valence-corrected chi connectivity index (χ1v) is 9.08. The SMILES string of the molecule is Cc1cccc(-n2nc(C)c3c2NC(=O)CC3C(=O)c2ccc(Cl)cc2)c1. The van der Waals surface area contributed by atoms with Crippen molar-refractivity contribution in [3.63, 3.8) is 0 Å². The van der Waals surface area contributed by atoms with Crippen molar-refractivity contribution in [1.82, 2.24) is 9.78 Å². The number of hydrogen-bond donors (Lipinski definition) is 1. The molecule has 27 heavy (non-hydrogen) atoms. The maximum absolute atomic E-state index is 13.1. The van der Waals surface area contributed by atoms with Crippen LogP contribution < -0.4 is 5.32 Å². The second-order valence-electron chi connectivity index (χ2n) is 6.77. The molecule has 0 saturated carbocycles. The van der Waals surface area contributed by atoms with E-state index in [1.165, 1.54) is 0 Å². The highest BCUT2D eigenvalue weighted by Crippen LogP contribution is 2.38. The van der Waals surface area contributed by atoms with E-state index < -0.39 is 5.92 Å². The summed E-state index contributed by atoms with van der Waals surface area (Å²) in [5.41, 5.74) is 3.98. The van der Waals surface area contributed by atoms with Gasteiger partial charge in [-0.2, -0.15) is 5.10 Å². The molecular weight excluding hydrogens is 362 g/mol. The summed E-state index contributed by atoms with van der Waals surface area (Å²) in [6.07, 6.45) is 0.106. The van der Waals surface area contributed by atoms with Crippen LogP contribution in [0.3, 0.4) is 0 Å². The number of halogens is 1. The molecule has 1 N–H and O–H groups in total. The number of Topliss-reactive ketones (excluding diaryl/α,β-unsaturated/α-hetero) is 1. The van der Waals surface area contributed by atoms with Crippen LogP contribution in [0.5, 0.6) is 0 Å². The van der Waals surface area contributed by atoms with Gasteiger partial charge >= 0.3 is 0 Å². The standard InChI is InChI=1S/C21H18ClN3O2/c1-12-4-3-5-16(10-12)25-21-19(13(2)24-25)17(11-18(26)23-21)20(27)14-6-8-15(22)9-7-14/h3-10,17H,11H2,1-2H3,(H,23,26). The molecule has 136 valence electrons. The van der Waals surface area contributed by atoms with Gasteiger partial charge in [0.15, 0.2) is 5.78 Å². The van der Waals surface area contributed by atoms with Crippen LogP contribution in [0.25, 0.3) is 5.69 Å². The Hall–Kier alpha value is -2.92. The number of rotatable bonds is 3. The quantitative estimate of drug-likeness (QED) is 0.684. The molecule has 1 aliphatic heterocycles. The molecule has 0 bridgehead atoms. The van der Waals surface area contributed by atoms with E-state index >= 15 is 0 Å². The molecule has 6 heteroatoms. The summed E-state index contributed by atoms with van der Waals surface area (Å²) < 4.78 is 1.71. The zero-order valence-corrected chi connectivity index (χ0v) is 15.7. The van der Waals surface area contributed by atoms with Crippen LogP contribution >= 0.6 is 11.6 Å². The van der Waals surface area contributed by atoms with Gasteiger partial charge in [-0.1, -0.05) is 23.7 Å². The topological polar surface area (TPSA) is 64.0 Å². The Morgan fingerprint density at radius 3 is 2.63 bits per heavy atom. The Morgan fingerprint density at radius 1 is 1.19 bits per heavy atom. The van der Waals surface area contributed by atoms with Crippen LogP contribution in [0, 0.1) is 13.8 Å². The third kappa shape index (κ3) is 3.15. The molecule has 4 rings (SSSR count). The van der Waals surface area contributed by atoms with Crippen molar-refractivity contribution in [2.75, 3.05) is 5.32 Å². The summed E-state index contributed by atoms with van der Waals surface area (Å²) in [4.78, 5) is 25.5. The van der Waals surface area contributed by atoms with E-state index in [1.54, 1.807) is 28.9 Å². The summed E-state index contributed by atoms with van der Waals surface area (Å²) in [6.45, 7) is 3.86. The van der Waals surface area contributed by atoms with Crippen LogP contribution in [0.1, 0.15) is 39.5 Å². The van der Waals surface area contributed by atoms with Crippen molar-refractivity contribution >= 4 is 29.1 Å². The Labute approximate surface area is 162 Å². The molecule has 0 spiro atoms. The third-order valence-corrected chi connectivity index (χ3v) is 5.05. The van der Waals surface area contributed by atoms with Gasteiger partial charge in [0.2, 0.25) is 5.91 Å². The Kier molecular flexibility index (Phi) is 4.32. The van der Waals surface area contributed by atoms with E-state index in [0.717, 1.165) is 22.5 Å². The van der Waals surface area contributed by atoms with E-state index in [1.807, 2.05) is 38.1 Å². The van der Waals surface area contributed by atoms with E-state index in [0.29, 0.717) is 16.4 Å². The fourth-order valence-corrected chi connectivity index (χ4v) is 3.66. The Bertz CT molecular complexity index is 1050. The molecule has 0 saturated heterocycles. The molecular formula is C21H18ClN3O2. The van der Waals surface area contributed by atoms with Crippen molar-refractivity contribution in [3.05, 3.63) is 75.9 Å². The van der Waals surface area contributed by atoms with Gasteiger partial charge < -0.3 is 5.32 Å². The van der Waals surface area contributed by atoms with Gasteiger partial charge in [0.05, 0.1) is 17.3 Å². The molecule has 0 aliphatic carbocycles. The predicted molar refractivity (Wildman–Crippen MR) is 105 cm³/mol. The molecule has 1 aliphatic rings. The number of hydrogen-bond acceptors (Lipinski definition) is 3. The molecule has 0 radical (unpaired) electrons. The van der Waals surface area contributed by atoms with Crippen LogP contribution in [0.2, 0.25) is 5.02 Å². The average Bonchev–Trinajstić information content (AvgIpc) is 2.97. The number of nitrogens with one attached hydrogen (secondary N) is 1. The normalized spacial score (nSPS) is 16.0. The fraction of sp³-hybridized carbons (Fsp3) is 0.190. The number of aryl methyl sites for hydroxylation is 2. The van der Waals surface area contributed by atoms with Crippen molar-refractivity contribution in [1.29, 1.82) is 0 Å². The number of ketones is 1. The lowest BCUT2D eigenvalue weighted by Gasteiger charge is -2.23. The van der Waals surface area contributed by atoms with E-state index in [2.05, 4.69) is 10.4 Å². The summed E-state index contributed by atoms with van der Waals surface area (Å²) in [7, 11) is 0. The number of carbonyl (C=O) groups excluding carboxylic acids is 2. The maximum Gasteiger partial charge on any atom is 0.226 e. The van der Waals surface area contributed by atoms with Gasteiger partial charge in [-0.25, -0.2) is 4.68 Å². The first kappa shape index (κ1) is 17.5. The summed E-state index contributed by atoms with van der Waals surface area (Å²) in [6, 6.07) is 14.6. The second kappa shape index (κ2) is 6.67. The van der Waals surface area contributed by atoms with Gasteiger partial charge in [-0.05, 0) is 55.8 Å². The maximum atomic E-state index is 13.1. The zero-order valence-electron chi connectivity index (χ0n) is 15.0. The largest absolute Gasteiger partial charge is 0.310 e. The van der Waals surface area contributed by atoms with Crippen LogP contribution in [-0.2, 0) is 4.79 Å². The lowest BCUT2D eigenvalue weighted by molar-refractivity contribution is -0.116. The molecule has 3 aromatic rings. The summed E-state index contributed by atoms with van der Waals surface area (Å²) in [5.74, 6) is -0.284. The van der Waals surface area contributed by atoms with Gasteiger partial charge in [0, 0.05) is 22.6 Å². The van der Waals surface area contributed by atoms with Crippen LogP contribution in [0.15, 0.2) is 48.5 Å². The van der Waals surface area contributed by atoms with Gasteiger partial charge in [-0.15, -0.1) is 0 Å². The van der Waals surface area contributed by atoms with Crippen molar-refractivity contribution in [2.45, 2.75) is 26.2 Å². The smallest absolute Gasteiger partial charge is 0.226 e. The monoisotopic (exact) mass is 379 g/mol. The number of amides is 1. The number of fused-ring (bicyclic) bond motifs is 1. The number of carbonyl (C=O) groups is 2. The highest BCUT2D eigenvalue weighted by molar-refractivity contribution is 6.30. The molecule has 5 nitrogen and oxygen atoms in total. The molecule has 0 fully saturated rings. The van der Waals surface area contributed by atoms with Crippen LogP contribution in [0.4, 0.5) is 5.82 Å². The Balaban J connectivity index is 1.82. The van der Waals surface area contributed by atoms with Crippen molar-refractivity contribution in [2.24, 2.45) is 0 Å². The third-order valence-electron chi connectivity index (χ3n) is 4.79. The summed E-state index contributed by atoms with van der Waals surface area (Å²) in [5, 5.41) is 8.07. The van der Waals surface area contributed by atoms with Crippen molar-refractivity contribution in [3.8, 4) is 5.69 Å². The highest BCUT2D eigenvalue weighted by Gasteiger charge is 2.36. The minimum atomic E-state index is -0.562. The fourth-order valence-electron chi connectivity index (χ4n) is 3.53. The summed E-state index contributed by atoms with van der Waals surface area (Å²) >= 11 is 5.93. The lowest BCUT2D eigenvalue weighted by Crippen LogP contribution is -2.28. The highest BCUT2D eigenvalue weighted by atomic mass is 35.5. The molecule has 1 unspecified atom stereocenters. The number of nitrogens with zero attached hydrogens (tertiary/aromatic N) is 2. The minimum Gasteiger partial charge on any atom is -0.310 e. The molecule has 1 atom stereocenters. The number of benzene rings is 2.